The van der Waals surface area contributed by atoms with Crippen molar-refractivity contribution in [3.05, 3.63) is 71.8 Å². The maximum Gasteiger partial charge on any atom is 0.336 e. The highest BCUT2D eigenvalue weighted by molar-refractivity contribution is 6.06. The molecule has 2 rings (SSSR count). The minimum Gasteiger partial charge on any atom is -0.478 e. The first kappa shape index (κ1) is 15.3. The lowest BCUT2D eigenvalue weighted by atomic mass is 9.87. The second-order valence-corrected chi connectivity index (χ2v) is 4.56. The Hall–Kier alpha value is -3.14. The summed E-state index contributed by atoms with van der Waals surface area (Å²) < 4.78 is 0. The summed E-state index contributed by atoms with van der Waals surface area (Å²) in [5.41, 5.74) is 1.81. The minimum atomic E-state index is -1.13. The Kier molecular flexibility index (Phi) is 4.23. The molecule has 0 fully saturated rings. The minimum absolute atomic E-state index is 0.0224. The van der Waals surface area contributed by atoms with E-state index in [1.165, 1.54) is 24.3 Å². The first-order valence-electron chi connectivity index (χ1n) is 6.49. The molecule has 0 radical (unpaired) electrons. The molecule has 0 spiro atoms. The summed E-state index contributed by atoms with van der Waals surface area (Å²) in [6.07, 6.45) is 3.01. The van der Waals surface area contributed by atoms with Crippen LogP contribution in [0.25, 0.3) is 23.3 Å². The summed E-state index contributed by atoms with van der Waals surface area (Å²) >= 11 is 0. The molecule has 22 heavy (non-hydrogen) atoms. The number of aromatic carboxylic acids is 2. The number of carbonyl (C=O) groups is 2. The van der Waals surface area contributed by atoms with Crippen molar-refractivity contribution in [1.82, 2.24) is 0 Å². The Balaban J connectivity index is 2.99. The van der Waals surface area contributed by atoms with Crippen LogP contribution in [0, 0.1) is 0 Å². The fourth-order valence-electron chi connectivity index (χ4n) is 2.40. The van der Waals surface area contributed by atoms with Crippen LogP contribution in [0.4, 0.5) is 0 Å². The van der Waals surface area contributed by atoms with E-state index in [0.29, 0.717) is 22.3 Å². The van der Waals surface area contributed by atoms with E-state index < -0.39 is 11.9 Å². The normalized spacial score (nSPS) is 10.0. The van der Waals surface area contributed by atoms with E-state index in [4.69, 9.17) is 0 Å². The Morgan fingerprint density at radius 2 is 1.14 bits per heavy atom. The molecule has 0 aliphatic rings. The van der Waals surface area contributed by atoms with Crippen molar-refractivity contribution < 1.29 is 19.8 Å². The zero-order chi connectivity index (χ0) is 16.3. The smallest absolute Gasteiger partial charge is 0.336 e. The van der Waals surface area contributed by atoms with Gasteiger partial charge in [-0.2, -0.15) is 0 Å². The fraction of sp³-hybridized carbons (Fsp3) is 0. The Morgan fingerprint density at radius 1 is 0.773 bits per heavy atom. The van der Waals surface area contributed by atoms with E-state index in [0.717, 1.165) is 0 Å². The van der Waals surface area contributed by atoms with Gasteiger partial charge in [-0.05, 0) is 23.3 Å². The van der Waals surface area contributed by atoms with Gasteiger partial charge >= 0.3 is 11.9 Å². The molecule has 0 saturated carbocycles. The van der Waals surface area contributed by atoms with Gasteiger partial charge in [-0.15, -0.1) is 0 Å². The van der Waals surface area contributed by atoms with Gasteiger partial charge < -0.3 is 10.2 Å². The maximum atomic E-state index is 11.5. The Morgan fingerprint density at radius 3 is 1.41 bits per heavy atom. The molecule has 0 aliphatic heterocycles. The molecule has 0 atom stereocenters. The van der Waals surface area contributed by atoms with Crippen molar-refractivity contribution in [2.45, 2.75) is 0 Å². The topological polar surface area (TPSA) is 74.6 Å². The van der Waals surface area contributed by atoms with Crippen molar-refractivity contribution in [1.29, 1.82) is 0 Å². The van der Waals surface area contributed by atoms with Crippen LogP contribution in [0.1, 0.15) is 31.8 Å². The van der Waals surface area contributed by atoms with Gasteiger partial charge in [0, 0.05) is 11.1 Å². The van der Waals surface area contributed by atoms with Gasteiger partial charge in [0.1, 0.15) is 0 Å². The van der Waals surface area contributed by atoms with E-state index in [-0.39, 0.29) is 11.1 Å². The maximum absolute atomic E-state index is 11.5. The first-order valence-corrected chi connectivity index (χ1v) is 6.49. The van der Waals surface area contributed by atoms with Crippen LogP contribution in [0.15, 0.2) is 49.6 Å². The zero-order valence-electron chi connectivity index (χ0n) is 11.7. The molecule has 0 unspecified atom stereocenters. The first-order chi connectivity index (χ1) is 10.5. The summed E-state index contributed by atoms with van der Waals surface area (Å²) in [6.45, 7) is 7.36. The van der Waals surface area contributed by atoms with Crippen LogP contribution in [0.2, 0.25) is 0 Å². The van der Waals surface area contributed by atoms with Gasteiger partial charge in [0.15, 0.2) is 0 Å². The van der Waals surface area contributed by atoms with Gasteiger partial charge in [-0.1, -0.05) is 49.6 Å². The number of carboxylic acid groups (broad SMARTS) is 2. The highest BCUT2D eigenvalue weighted by atomic mass is 16.4. The molecule has 0 aromatic heterocycles. The number of benzene rings is 2. The predicted molar refractivity (Wildman–Crippen MR) is 86.0 cm³/mol. The van der Waals surface area contributed by atoms with Crippen molar-refractivity contribution in [3.63, 3.8) is 0 Å². The highest BCUT2D eigenvalue weighted by Gasteiger charge is 2.21. The molecule has 2 aromatic carbocycles. The molecule has 110 valence electrons. The van der Waals surface area contributed by atoms with Crippen molar-refractivity contribution in [2.75, 3.05) is 0 Å². The van der Waals surface area contributed by atoms with Crippen LogP contribution in [-0.2, 0) is 0 Å². The van der Waals surface area contributed by atoms with Gasteiger partial charge in [0.2, 0.25) is 0 Å². The zero-order valence-corrected chi connectivity index (χ0v) is 11.7. The molecular weight excluding hydrogens is 280 g/mol. The molecule has 0 saturated heterocycles. The third kappa shape index (κ3) is 2.54. The fourth-order valence-corrected chi connectivity index (χ4v) is 2.40. The Labute approximate surface area is 127 Å². The monoisotopic (exact) mass is 294 g/mol. The van der Waals surface area contributed by atoms with Crippen LogP contribution < -0.4 is 0 Å². The second kappa shape index (κ2) is 6.10. The van der Waals surface area contributed by atoms with E-state index in [1.54, 1.807) is 24.3 Å². The van der Waals surface area contributed by atoms with Crippen LogP contribution in [-0.4, -0.2) is 22.2 Å². The second-order valence-electron chi connectivity index (χ2n) is 4.56. The summed E-state index contributed by atoms with van der Waals surface area (Å²) in [7, 11) is 0. The summed E-state index contributed by atoms with van der Waals surface area (Å²) in [6, 6.07) is 9.47. The standard InChI is InChI=1S/C18H14O4/c1-3-11-7-5-9-13(17(19)20)15(11)16-12(4-2)8-6-10-14(16)18(21)22/h3-10H,1-2H2,(H,19,20)(H,21,22). The van der Waals surface area contributed by atoms with Crippen molar-refractivity contribution in [2.24, 2.45) is 0 Å². The molecule has 0 heterocycles. The van der Waals surface area contributed by atoms with E-state index >= 15 is 0 Å². The number of carboxylic acids is 2. The summed E-state index contributed by atoms with van der Waals surface area (Å²) in [5.74, 6) is -2.26. The molecular formula is C18H14O4. The number of hydrogen-bond acceptors (Lipinski definition) is 2. The van der Waals surface area contributed by atoms with Gasteiger partial charge in [0.05, 0.1) is 11.1 Å². The van der Waals surface area contributed by atoms with Crippen molar-refractivity contribution in [3.8, 4) is 11.1 Å². The van der Waals surface area contributed by atoms with E-state index in [9.17, 15) is 19.8 Å². The largest absolute Gasteiger partial charge is 0.478 e. The third-order valence-corrected chi connectivity index (χ3v) is 3.34. The molecule has 2 aromatic rings. The number of rotatable bonds is 5. The molecule has 2 N–H and O–H groups in total. The van der Waals surface area contributed by atoms with Crippen LogP contribution >= 0.6 is 0 Å². The summed E-state index contributed by atoms with van der Waals surface area (Å²) in [5, 5.41) is 18.9. The van der Waals surface area contributed by atoms with Gasteiger partial charge in [0.25, 0.3) is 0 Å². The molecule has 4 heteroatoms. The van der Waals surface area contributed by atoms with Gasteiger partial charge in [-0.3, -0.25) is 0 Å². The number of hydrogen-bond donors (Lipinski definition) is 2. The summed E-state index contributed by atoms with van der Waals surface area (Å²) in [4.78, 5) is 23.1. The third-order valence-electron chi connectivity index (χ3n) is 3.34. The molecule has 0 bridgehead atoms. The van der Waals surface area contributed by atoms with E-state index in [2.05, 4.69) is 13.2 Å². The van der Waals surface area contributed by atoms with Crippen molar-refractivity contribution >= 4 is 24.1 Å². The molecule has 0 amide bonds. The molecule has 4 nitrogen and oxygen atoms in total. The molecule has 0 aliphatic carbocycles. The average molecular weight is 294 g/mol. The van der Waals surface area contributed by atoms with E-state index in [1.807, 2.05) is 0 Å². The quantitative estimate of drug-likeness (QED) is 0.872. The highest BCUT2D eigenvalue weighted by Crippen LogP contribution is 2.35. The lowest BCUT2D eigenvalue weighted by molar-refractivity contribution is 0.0684. The van der Waals surface area contributed by atoms with Crippen LogP contribution in [0.5, 0.6) is 0 Å². The lowest BCUT2D eigenvalue weighted by Crippen LogP contribution is -2.07. The van der Waals surface area contributed by atoms with Crippen LogP contribution in [0.3, 0.4) is 0 Å². The Bertz CT molecular complexity index is 720. The average Bonchev–Trinajstić information content (AvgIpc) is 2.52. The predicted octanol–water partition coefficient (Wildman–Crippen LogP) is 4.04. The van der Waals surface area contributed by atoms with Gasteiger partial charge in [-0.25, -0.2) is 9.59 Å². The SMILES string of the molecule is C=Cc1cccc(C(=O)O)c1-c1c(C=C)cccc1C(=O)O. The lowest BCUT2D eigenvalue weighted by Gasteiger charge is -2.15.